The van der Waals surface area contributed by atoms with Gasteiger partial charge in [0.25, 0.3) is 6.43 Å². The number of nitriles is 1. The molecule has 2 aromatic rings. The predicted octanol–water partition coefficient (Wildman–Crippen LogP) is 4.62. The highest BCUT2D eigenvalue weighted by Gasteiger charge is 2.61. The van der Waals surface area contributed by atoms with Gasteiger partial charge in [-0.15, -0.1) is 0 Å². The molecule has 1 heterocycles. The lowest BCUT2D eigenvalue weighted by atomic mass is 10.1. The largest absolute Gasteiger partial charge is 0.456 e. The summed E-state index contributed by atoms with van der Waals surface area (Å²) in [6.07, 6.45) is -1.55. The summed E-state index contributed by atoms with van der Waals surface area (Å²) in [4.78, 5) is 28.5. The summed E-state index contributed by atoms with van der Waals surface area (Å²) < 4.78 is 39.7. The van der Waals surface area contributed by atoms with Crippen molar-refractivity contribution in [3.63, 3.8) is 0 Å². The lowest BCUT2D eigenvalue weighted by molar-refractivity contribution is -0.149. The highest BCUT2D eigenvalue weighted by atomic mass is 19.3. The quantitative estimate of drug-likeness (QED) is 0.401. The number of nitrogens with zero attached hydrogens (tertiary/aromatic N) is 2. The van der Waals surface area contributed by atoms with E-state index in [1.807, 2.05) is 12.1 Å². The number of allylic oxidation sites excluding steroid dienone is 1. The smallest absolute Gasteiger partial charge is 0.330 e. The maximum atomic E-state index is 12.7. The van der Waals surface area contributed by atoms with Gasteiger partial charge < -0.3 is 14.2 Å². The number of esters is 2. The van der Waals surface area contributed by atoms with E-state index in [9.17, 15) is 23.6 Å². The number of alkyl halides is 2. The van der Waals surface area contributed by atoms with Crippen molar-refractivity contribution in [2.24, 2.45) is 17.3 Å². The molecule has 1 aliphatic carbocycles. The van der Waals surface area contributed by atoms with Gasteiger partial charge in [-0.3, -0.25) is 4.79 Å². The molecule has 172 valence electrons. The Morgan fingerprint density at radius 2 is 1.91 bits per heavy atom. The lowest BCUT2D eigenvalue weighted by Crippen LogP contribution is -2.15. The SMILES string of the molecule is CC1(C)[C@H](C(=O)OC(C#N)c2cccc(Oc3ccccc3)n2)[C@@H]1C=CC(=O)OCC(F)F. The average Bonchev–Trinajstić information content (AvgIpc) is 3.35. The maximum absolute atomic E-state index is 12.7. The van der Waals surface area contributed by atoms with Crippen molar-refractivity contribution in [2.75, 3.05) is 6.61 Å². The Morgan fingerprint density at radius 1 is 1.18 bits per heavy atom. The molecule has 0 radical (unpaired) electrons. The monoisotopic (exact) mass is 456 g/mol. The third-order valence-electron chi connectivity index (χ3n) is 5.29. The summed E-state index contributed by atoms with van der Waals surface area (Å²) in [5.74, 6) is -1.72. The second-order valence-electron chi connectivity index (χ2n) is 7.97. The number of hydrogen-bond acceptors (Lipinski definition) is 7. The molecule has 3 atom stereocenters. The highest BCUT2D eigenvalue weighted by Crippen LogP contribution is 2.59. The normalized spacial score (nSPS) is 19.5. The van der Waals surface area contributed by atoms with Crippen molar-refractivity contribution < 1.29 is 32.6 Å². The number of para-hydroxylation sites is 1. The molecule has 1 saturated carbocycles. The molecule has 0 saturated heterocycles. The van der Waals surface area contributed by atoms with E-state index < -0.39 is 42.4 Å². The first-order valence-electron chi connectivity index (χ1n) is 10.2. The fourth-order valence-corrected chi connectivity index (χ4v) is 3.45. The standard InChI is InChI=1S/C24H22F2N2O5/c1-24(2)16(11-12-21(29)31-14-19(25)26)22(24)23(30)33-18(13-27)17-9-6-10-20(28-17)32-15-7-4-3-5-8-15/h3-12,16,18-19,22H,14H2,1-2H3/t16-,18?,22-/m0/s1. The summed E-state index contributed by atoms with van der Waals surface area (Å²) in [6, 6.07) is 15.7. The van der Waals surface area contributed by atoms with Gasteiger partial charge >= 0.3 is 11.9 Å². The Labute approximate surface area is 189 Å². The lowest BCUT2D eigenvalue weighted by Gasteiger charge is -2.12. The second-order valence-corrected chi connectivity index (χ2v) is 7.97. The number of carbonyl (C=O) groups is 2. The van der Waals surface area contributed by atoms with E-state index in [2.05, 4.69) is 9.72 Å². The maximum Gasteiger partial charge on any atom is 0.330 e. The predicted molar refractivity (Wildman–Crippen MR) is 112 cm³/mol. The Balaban J connectivity index is 1.63. The van der Waals surface area contributed by atoms with E-state index >= 15 is 0 Å². The minimum absolute atomic E-state index is 0.209. The van der Waals surface area contributed by atoms with Crippen molar-refractivity contribution in [1.82, 2.24) is 4.98 Å². The van der Waals surface area contributed by atoms with E-state index in [0.29, 0.717) is 5.75 Å². The molecule has 1 aliphatic rings. The summed E-state index contributed by atoms with van der Waals surface area (Å²) in [5.41, 5.74) is -0.331. The van der Waals surface area contributed by atoms with Crippen LogP contribution in [0.2, 0.25) is 0 Å². The van der Waals surface area contributed by atoms with Gasteiger partial charge in [-0.05, 0) is 29.5 Å². The van der Waals surface area contributed by atoms with Gasteiger partial charge in [-0.25, -0.2) is 18.6 Å². The van der Waals surface area contributed by atoms with Crippen LogP contribution >= 0.6 is 0 Å². The molecule has 3 rings (SSSR count). The van der Waals surface area contributed by atoms with Crippen molar-refractivity contribution in [3.05, 3.63) is 66.4 Å². The van der Waals surface area contributed by atoms with Crippen molar-refractivity contribution in [3.8, 4) is 17.7 Å². The number of pyridine rings is 1. The number of benzene rings is 1. The third-order valence-corrected chi connectivity index (χ3v) is 5.29. The molecule has 1 fully saturated rings. The molecule has 1 aromatic heterocycles. The Morgan fingerprint density at radius 3 is 2.58 bits per heavy atom. The molecular weight excluding hydrogens is 434 g/mol. The topological polar surface area (TPSA) is 98.5 Å². The van der Waals surface area contributed by atoms with Crippen LogP contribution in [-0.2, 0) is 19.1 Å². The summed E-state index contributed by atoms with van der Waals surface area (Å²) in [7, 11) is 0. The highest BCUT2D eigenvalue weighted by molar-refractivity contribution is 5.83. The van der Waals surface area contributed by atoms with Crippen LogP contribution in [0.4, 0.5) is 8.78 Å². The molecule has 0 amide bonds. The zero-order valence-corrected chi connectivity index (χ0v) is 18.0. The number of aromatic nitrogens is 1. The first-order valence-corrected chi connectivity index (χ1v) is 10.2. The minimum Gasteiger partial charge on any atom is -0.456 e. The number of rotatable bonds is 9. The van der Waals surface area contributed by atoms with Crippen LogP contribution < -0.4 is 4.74 Å². The van der Waals surface area contributed by atoms with Crippen LogP contribution in [0.1, 0.15) is 25.6 Å². The molecule has 33 heavy (non-hydrogen) atoms. The molecular formula is C24H22F2N2O5. The number of halogens is 2. The molecule has 0 spiro atoms. The number of carbonyl (C=O) groups excluding carboxylic acids is 2. The Bertz CT molecular complexity index is 1070. The first-order chi connectivity index (χ1) is 15.7. The van der Waals surface area contributed by atoms with Crippen molar-refractivity contribution >= 4 is 11.9 Å². The molecule has 9 heteroatoms. The fraction of sp³-hybridized carbons (Fsp3) is 0.333. The van der Waals surface area contributed by atoms with Crippen LogP contribution in [0.5, 0.6) is 11.6 Å². The Hall–Kier alpha value is -3.80. The van der Waals surface area contributed by atoms with Crippen LogP contribution in [0.25, 0.3) is 0 Å². The summed E-state index contributed by atoms with van der Waals surface area (Å²) in [6.45, 7) is 2.60. The third kappa shape index (κ3) is 6.13. The van der Waals surface area contributed by atoms with Crippen LogP contribution in [0.15, 0.2) is 60.7 Å². The van der Waals surface area contributed by atoms with Crippen LogP contribution in [0.3, 0.4) is 0 Å². The minimum atomic E-state index is -2.75. The number of hydrogen-bond donors (Lipinski definition) is 0. The van der Waals surface area contributed by atoms with Gasteiger partial charge in [-0.2, -0.15) is 5.26 Å². The first kappa shape index (κ1) is 23.9. The summed E-state index contributed by atoms with van der Waals surface area (Å²) >= 11 is 0. The van der Waals surface area contributed by atoms with Crippen LogP contribution in [-0.4, -0.2) is 30.0 Å². The van der Waals surface area contributed by atoms with Gasteiger partial charge in [0.05, 0.1) is 11.6 Å². The van der Waals surface area contributed by atoms with Gasteiger partial charge in [0.1, 0.15) is 11.8 Å². The van der Waals surface area contributed by atoms with Gasteiger partial charge in [0.2, 0.25) is 12.0 Å². The fourth-order valence-electron chi connectivity index (χ4n) is 3.45. The molecule has 7 nitrogen and oxygen atoms in total. The van der Waals surface area contributed by atoms with Gasteiger partial charge in [0, 0.05) is 12.1 Å². The zero-order valence-electron chi connectivity index (χ0n) is 18.0. The van der Waals surface area contributed by atoms with E-state index in [1.54, 1.807) is 56.3 Å². The molecule has 0 N–H and O–H groups in total. The molecule has 0 aliphatic heterocycles. The van der Waals surface area contributed by atoms with Crippen molar-refractivity contribution in [2.45, 2.75) is 26.4 Å². The molecule has 1 aromatic carbocycles. The van der Waals surface area contributed by atoms with E-state index in [0.717, 1.165) is 6.08 Å². The van der Waals surface area contributed by atoms with E-state index in [4.69, 9.17) is 9.47 Å². The van der Waals surface area contributed by atoms with Gasteiger partial charge in [-0.1, -0.05) is 44.2 Å². The second kappa shape index (κ2) is 10.2. The van der Waals surface area contributed by atoms with E-state index in [-0.39, 0.29) is 17.5 Å². The molecule has 0 bridgehead atoms. The van der Waals surface area contributed by atoms with Gasteiger partial charge in [0.15, 0.2) is 6.61 Å². The van der Waals surface area contributed by atoms with E-state index in [1.165, 1.54) is 6.08 Å². The molecule has 1 unspecified atom stereocenters. The van der Waals surface area contributed by atoms with Crippen molar-refractivity contribution in [1.29, 1.82) is 5.26 Å². The average molecular weight is 456 g/mol. The number of ether oxygens (including phenoxy) is 3. The zero-order chi connectivity index (χ0) is 24.0. The summed E-state index contributed by atoms with van der Waals surface area (Å²) in [5, 5.41) is 9.54. The Kier molecular flexibility index (Phi) is 7.38. The van der Waals surface area contributed by atoms with Crippen LogP contribution in [0, 0.1) is 28.6 Å².